The minimum absolute atomic E-state index is 0.612. The van der Waals surface area contributed by atoms with Crippen LogP contribution in [0.3, 0.4) is 0 Å². The molecule has 0 amide bonds. The Morgan fingerprint density at radius 1 is 0.488 bits per heavy atom. The zero-order valence-electron chi connectivity index (χ0n) is 27.6. The Balaban J connectivity index is 1.05. The van der Waals surface area contributed by atoms with Crippen molar-refractivity contribution in [1.82, 2.24) is 9.97 Å². The molecule has 2 heteroatoms. The van der Waals surface area contributed by atoms with Crippen molar-refractivity contribution in [3.8, 4) is 0 Å². The van der Waals surface area contributed by atoms with Gasteiger partial charge in [0, 0.05) is 18.3 Å². The van der Waals surface area contributed by atoms with Gasteiger partial charge in [-0.05, 0) is 112 Å². The molecule has 1 aromatic heterocycles. The molecular weight excluding hydrogens is 496 g/mol. The molecule has 1 heterocycles. The summed E-state index contributed by atoms with van der Waals surface area (Å²) < 4.78 is 0. The molecule has 1 aromatic rings. The van der Waals surface area contributed by atoms with E-state index in [9.17, 15) is 0 Å². The molecule has 0 spiro atoms. The summed E-state index contributed by atoms with van der Waals surface area (Å²) in [7, 11) is 0. The third kappa shape index (κ3) is 11.6. The predicted molar refractivity (Wildman–Crippen MR) is 177 cm³/mol. The van der Waals surface area contributed by atoms with Crippen LogP contribution in [0.1, 0.15) is 198 Å². The van der Waals surface area contributed by atoms with Crippen LogP contribution in [0.4, 0.5) is 0 Å². The standard InChI is InChI=1S/C39H68N2/c1-3-5-7-8-9-10-11-12-13-15-17-33-30-40-39(41-31-33)38-28-26-37(27-29-38)36-24-22-35(23-25-36)34-20-18-32(19-21-34)16-14-6-4-2/h30-32,34-38H,3-29H2,1-2H3. The first-order valence-electron chi connectivity index (χ1n) is 19.1. The number of nitrogens with zero attached hydrogens (tertiary/aromatic N) is 2. The maximum atomic E-state index is 4.88. The highest BCUT2D eigenvalue weighted by Gasteiger charge is 2.35. The van der Waals surface area contributed by atoms with E-state index in [-0.39, 0.29) is 0 Å². The van der Waals surface area contributed by atoms with Gasteiger partial charge in [-0.25, -0.2) is 9.97 Å². The molecule has 0 atom stereocenters. The maximum Gasteiger partial charge on any atom is 0.131 e. The van der Waals surface area contributed by atoms with Gasteiger partial charge in [0.15, 0.2) is 0 Å². The van der Waals surface area contributed by atoms with E-state index in [1.54, 1.807) is 38.5 Å². The van der Waals surface area contributed by atoms with Crippen molar-refractivity contribution in [2.45, 2.75) is 193 Å². The molecule has 0 bridgehead atoms. The van der Waals surface area contributed by atoms with Crippen molar-refractivity contribution in [2.24, 2.45) is 29.6 Å². The number of hydrogen-bond acceptors (Lipinski definition) is 2. The zero-order chi connectivity index (χ0) is 28.5. The molecule has 0 radical (unpaired) electrons. The highest BCUT2D eigenvalue weighted by Crippen LogP contribution is 2.47. The van der Waals surface area contributed by atoms with Crippen molar-refractivity contribution in [3.05, 3.63) is 23.8 Å². The molecule has 0 aromatic carbocycles. The normalized spacial score (nSPS) is 29.0. The lowest BCUT2D eigenvalue weighted by molar-refractivity contribution is 0.108. The largest absolute Gasteiger partial charge is 0.241 e. The van der Waals surface area contributed by atoms with E-state index in [1.807, 2.05) is 0 Å². The van der Waals surface area contributed by atoms with E-state index in [1.165, 1.54) is 134 Å². The highest BCUT2D eigenvalue weighted by atomic mass is 14.9. The van der Waals surface area contributed by atoms with Gasteiger partial charge in [0.25, 0.3) is 0 Å². The summed E-state index contributed by atoms with van der Waals surface area (Å²) in [4.78, 5) is 9.76. The van der Waals surface area contributed by atoms with Gasteiger partial charge < -0.3 is 0 Å². The van der Waals surface area contributed by atoms with Gasteiger partial charge in [0.1, 0.15) is 5.82 Å². The Morgan fingerprint density at radius 3 is 1.41 bits per heavy atom. The highest BCUT2D eigenvalue weighted by molar-refractivity contribution is 5.08. The van der Waals surface area contributed by atoms with Crippen LogP contribution in [0.2, 0.25) is 0 Å². The van der Waals surface area contributed by atoms with Gasteiger partial charge in [-0.1, -0.05) is 110 Å². The molecule has 3 aliphatic rings. The molecule has 3 saturated carbocycles. The van der Waals surface area contributed by atoms with Crippen LogP contribution in [0.5, 0.6) is 0 Å². The maximum absolute atomic E-state index is 4.88. The summed E-state index contributed by atoms with van der Waals surface area (Å²) in [6, 6.07) is 0. The van der Waals surface area contributed by atoms with E-state index in [4.69, 9.17) is 9.97 Å². The Morgan fingerprint density at radius 2 is 0.902 bits per heavy atom. The molecule has 3 fully saturated rings. The lowest BCUT2D eigenvalue weighted by Crippen LogP contribution is -2.29. The summed E-state index contributed by atoms with van der Waals surface area (Å²) in [5.74, 6) is 6.95. The average Bonchev–Trinajstić information content (AvgIpc) is 3.03. The first-order chi connectivity index (χ1) is 20.3. The van der Waals surface area contributed by atoms with E-state index in [2.05, 4.69) is 26.2 Å². The third-order valence-electron chi connectivity index (χ3n) is 11.9. The van der Waals surface area contributed by atoms with Crippen LogP contribution in [0.15, 0.2) is 12.4 Å². The monoisotopic (exact) mass is 565 g/mol. The number of hydrogen-bond donors (Lipinski definition) is 0. The summed E-state index contributed by atoms with van der Waals surface area (Å²) in [6.45, 7) is 4.64. The smallest absolute Gasteiger partial charge is 0.131 e. The van der Waals surface area contributed by atoms with Gasteiger partial charge in [-0.2, -0.15) is 0 Å². The minimum atomic E-state index is 0.612. The summed E-state index contributed by atoms with van der Waals surface area (Å²) in [6.07, 6.45) is 43.1. The Labute approximate surface area is 256 Å². The first kappa shape index (κ1) is 33.0. The SMILES string of the molecule is CCCCCCCCCCCCc1cnc(C2CCC(C3CCC(C4CCC(CCCCC)CC4)CC3)CC2)nc1. The van der Waals surface area contributed by atoms with Crippen LogP contribution in [0, 0.1) is 29.6 Å². The van der Waals surface area contributed by atoms with Crippen molar-refractivity contribution in [3.63, 3.8) is 0 Å². The second-order valence-corrected chi connectivity index (χ2v) is 14.9. The first-order valence-corrected chi connectivity index (χ1v) is 19.1. The number of aryl methyl sites for hydroxylation is 1. The fourth-order valence-electron chi connectivity index (χ4n) is 9.09. The molecule has 0 N–H and O–H groups in total. The Bertz CT molecular complexity index is 763. The summed E-state index contributed by atoms with van der Waals surface area (Å²) >= 11 is 0. The fraction of sp³-hybridized carbons (Fsp3) is 0.897. The predicted octanol–water partition coefficient (Wildman–Crippen LogP) is 12.4. The van der Waals surface area contributed by atoms with Crippen molar-refractivity contribution >= 4 is 0 Å². The van der Waals surface area contributed by atoms with Crippen LogP contribution >= 0.6 is 0 Å². The van der Waals surface area contributed by atoms with Crippen LogP contribution in [-0.2, 0) is 6.42 Å². The van der Waals surface area contributed by atoms with Crippen LogP contribution in [-0.4, -0.2) is 9.97 Å². The average molecular weight is 565 g/mol. The van der Waals surface area contributed by atoms with Gasteiger partial charge in [0.05, 0.1) is 0 Å². The Kier molecular flexibility index (Phi) is 15.6. The molecule has 41 heavy (non-hydrogen) atoms. The molecular formula is C39H68N2. The topological polar surface area (TPSA) is 25.8 Å². The molecule has 2 nitrogen and oxygen atoms in total. The van der Waals surface area contributed by atoms with E-state index in [0.717, 1.165) is 41.8 Å². The zero-order valence-corrected chi connectivity index (χ0v) is 27.6. The summed E-state index contributed by atoms with van der Waals surface area (Å²) in [5, 5.41) is 0. The van der Waals surface area contributed by atoms with E-state index >= 15 is 0 Å². The second kappa shape index (κ2) is 19.4. The van der Waals surface area contributed by atoms with Crippen molar-refractivity contribution in [1.29, 1.82) is 0 Å². The Hall–Kier alpha value is -0.920. The fourth-order valence-corrected chi connectivity index (χ4v) is 9.09. The second-order valence-electron chi connectivity index (χ2n) is 14.9. The number of unbranched alkanes of at least 4 members (excludes halogenated alkanes) is 11. The van der Waals surface area contributed by atoms with E-state index in [0.29, 0.717) is 5.92 Å². The van der Waals surface area contributed by atoms with Crippen LogP contribution < -0.4 is 0 Å². The number of rotatable bonds is 18. The molecule has 0 aliphatic heterocycles. The molecule has 3 aliphatic carbocycles. The van der Waals surface area contributed by atoms with Gasteiger partial charge in [-0.3, -0.25) is 0 Å². The number of aromatic nitrogens is 2. The van der Waals surface area contributed by atoms with Crippen molar-refractivity contribution < 1.29 is 0 Å². The molecule has 0 saturated heterocycles. The van der Waals surface area contributed by atoms with Gasteiger partial charge >= 0.3 is 0 Å². The van der Waals surface area contributed by atoms with E-state index < -0.39 is 0 Å². The van der Waals surface area contributed by atoms with Crippen molar-refractivity contribution in [2.75, 3.05) is 0 Å². The molecule has 234 valence electrons. The quantitative estimate of drug-likeness (QED) is 0.166. The lowest BCUT2D eigenvalue weighted by atomic mass is 9.65. The lowest BCUT2D eigenvalue weighted by Gasteiger charge is -2.41. The van der Waals surface area contributed by atoms with Gasteiger partial charge in [0.2, 0.25) is 0 Å². The van der Waals surface area contributed by atoms with Gasteiger partial charge in [-0.15, -0.1) is 0 Å². The summed E-state index contributed by atoms with van der Waals surface area (Å²) in [5.41, 5.74) is 1.35. The third-order valence-corrected chi connectivity index (χ3v) is 11.9. The van der Waals surface area contributed by atoms with Crippen LogP contribution in [0.25, 0.3) is 0 Å². The minimum Gasteiger partial charge on any atom is -0.241 e. The molecule has 0 unspecified atom stereocenters. The molecule has 4 rings (SSSR count).